The molecule has 1 aromatic carbocycles. The van der Waals surface area contributed by atoms with Crippen molar-refractivity contribution >= 4 is 23.2 Å². The first-order valence-electron chi connectivity index (χ1n) is 6.43. The molecule has 1 unspecified atom stereocenters. The van der Waals surface area contributed by atoms with Crippen molar-refractivity contribution < 1.29 is 9.90 Å². The lowest BCUT2D eigenvalue weighted by Crippen LogP contribution is -2.24. The van der Waals surface area contributed by atoms with E-state index in [1.807, 2.05) is 0 Å². The Kier molecular flexibility index (Phi) is 4.43. The van der Waals surface area contributed by atoms with Crippen LogP contribution in [0.15, 0.2) is 23.3 Å². The summed E-state index contributed by atoms with van der Waals surface area (Å²) in [5.74, 6) is -0.133. The normalized spacial score (nSPS) is 21.4. The summed E-state index contributed by atoms with van der Waals surface area (Å²) in [6.07, 6.45) is 4.35. The third-order valence-corrected chi connectivity index (χ3v) is 3.63. The molecule has 5 heteroatoms. The molecule has 1 atom stereocenters. The number of phenols is 1. The van der Waals surface area contributed by atoms with E-state index in [0.717, 1.165) is 25.0 Å². The number of carbonyl (C=O) groups is 1. The quantitative estimate of drug-likeness (QED) is 0.816. The maximum Gasteiger partial charge on any atom is 0.275 e. The molecular formula is C14H17ClN2O2. The number of hydrogen-bond acceptors (Lipinski definition) is 3. The van der Waals surface area contributed by atoms with Crippen LogP contribution in [0.25, 0.3) is 0 Å². The lowest BCUT2D eigenvalue weighted by atomic mass is 9.89. The molecule has 0 aliphatic heterocycles. The van der Waals surface area contributed by atoms with Crippen molar-refractivity contribution in [3.05, 3.63) is 28.8 Å². The number of hydrogen-bond donors (Lipinski definition) is 2. The second-order valence-electron chi connectivity index (χ2n) is 4.85. The van der Waals surface area contributed by atoms with Gasteiger partial charge in [-0.1, -0.05) is 24.9 Å². The maximum atomic E-state index is 11.9. The van der Waals surface area contributed by atoms with Crippen LogP contribution in [0.1, 0.15) is 43.0 Å². The van der Waals surface area contributed by atoms with Crippen molar-refractivity contribution in [2.24, 2.45) is 11.0 Å². The van der Waals surface area contributed by atoms with Gasteiger partial charge in [0.2, 0.25) is 0 Å². The Hall–Kier alpha value is -1.55. The molecule has 0 spiro atoms. The Morgan fingerprint density at radius 3 is 3.00 bits per heavy atom. The first-order chi connectivity index (χ1) is 9.08. The van der Waals surface area contributed by atoms with Gasteiger partial charge in [-0.3, -0.25) is 4.79 Å². The van der Waals surface area contributed by atoms with Gasteiger partial charge in [-0.05, 0) is 43.4 Å². The van der Waals surface area contributed by atoms with Crippen molar-refractivity contribution in [3.8, 4) is 5.75 Å². The van der Waals surface area contributed by atoms with Gasteiger partial charge < -0.3 is 5.11 Å². The van der Waals surface area contributed by atoms with Crippen molar-refractivity contribution in [1.82, 2.24) is 5.43 Å². The molecule has 2 rings (SSSR count). The van der Waals surface area contributed by atoms with Crippen molar-refractivity contribution in [3.63, 3.8) is 0 Å². The standard InChI is InChI=1S/C14H17ClN2O2/c1-9-4-2-3-5-12(9)16-17-14(19)11-8-10(15)6-7-13(11)18/h6-9,18H,2-5H2,1H3,(H,17,19). The van der Waals surface area contributed by atoms with E-state index in [1.54, 1.807) is 0 Å². The molecule has 1 fully saturated rings. The number of carbonyl (C=O) groups excluding carboxylic acids is 1. The number of nitrogens with one attached hydrogen (secondary N) is 1. The zero-order valence-electron chi connectivity index (χ0n) is 10.8. The fourth-order valence-corrected chi connectivity index (χ4v) is 2.38. The summed E-state index contributed by atoms with van der Waals surface area (Å²) in [6, 6.07) is 4.35. The van der Waals surface area contributed by atoms with Crippen molar-refractivity contribution in [2.45, 2.75) is 32.6 Å². The van der Waals surface area contributed by atoms with Crippen LogP contribution in [-0.2, 0) is 0 Å². The summed E-state index contributed by atoms with van der Waals surface area (Å²) in [5.41, 5.74) is 3.65. The zero-order valence-corrected chi connectivity index (χ0v) is 11.6. The Morgan fingerprint density at radius 1 is 1.47 bits per heavy atom. The number of halogens is 1. The number of nitrogens with zero attached hydrogens (tertiary/aromatic N) is 1. The summed E-state index contributed by atoms with van der Waals surface area (Å²) < 4.78 is 0. The second-order valence-corrected chi connectivity index (χ2v) is 5.29. The SMILES string of the molecule is CC1CCCCC1=NNC(=O)c1cc(Cl)ccc1O. The summed E-state index contributed by atoms with van der Waals surface area (Å²) in [6.45, 7) is 2.11. The third-order valence-electron chi connectivity index (χ3n) is 3.39. The molecular weight excluding hydrogens is 264 g/mol. The van der Waals surface area contributed by atoms with Crippen LogP contribution in [0.4, 0.5) is 0 Å². The van der Waals surface area contributed by atoms with Gasteiger partial charge in [0.15, 0.2) is 0 Å². The fraction of sp³-hybridized carbons (Fsp3) is 0.429. The minimum Gasteiger partial charge on any atom is -0.507 e. The molecule has 0 bridgehead atoms. The molecule has 0 aromatic heterocycles. The largest absolute Gasteiger partial charge is 0.507 e. The number of aromatic hydroxyl groups is 1. The smallest absolute Gasteiger partial charge is 0.275 e. The molecule has 0 saturated heterocycles. The Morgan fingerprint density at radius 2 is 2.26 bits per heavy atom. The molecule has 0 radical (unpaired) electrons. The highest BCUT2D eigenvalue weighted by atomic mass is 35.5. The van der Waals surface area contributed by atoms with E-state index in [1.165, 1.54) is 24.6 Å². The topological polar surface area (TPSA) is 61.7 Å². The van der Waals surface area contributed by atoms with Crippen LogP contribution >= 0.6 is 11.6 Å². The Labute approximate surface area is 117 Å². The van der Waals surface area contributed by atoms with Gasteiger partial charge in [-0.15, -0.1) is 0 Å². The van der Waals surface area contributed by atoms with E-state index in [0.29, 0.717) is 10.9 Å². The number of phenolic OH excluding ortho intramolecular Hbond substituents is 1. The van der Waals surface area contributed by atoms with Gasteiger partial charge in [-0.2, -0.15) is 5.10 Å². The monoisotopic (exact) mass is 280 g/mol. The number of rotatable bonds is 2. The molecule has 1 aromatic rings. The highest BCUT2D eigenvalue weighted by Gasteiger charge is 2.17. The van der Waals surface area contributed by atoms with E-state index >= 15 is 0 Å². The average molecular weight is 281 g/mol. The minimum absolute atomic E-state index is 0.0983. The highest BCUT2D eigenvalue weighted by Crippen LogP contribution is 2.22. The van der Waals surface area contributed by atoms with Crippen LogP contribution in [0.3, 0.4) is 0 Å². The van der Waals surface area contributed by atoms with Crippen LogP contribution < -0.4 is 5.43 Å². The highest BCUT2D eigenvalue weighted by molar-refractivity contribution is 6.31. The summed E-state index contributed by atoms with van der Waals surface area (Å²) in [7, 11) is 0. The van der Waals surface area contributed by atoms with E-state index in [2.05, 4.69) is 17.5 Å². The van der Waals surface area contributed by atoms with E-state index in [-0.39, 0.29) is 11.3 Å². The van der Waals surface area contributed by atoms with Crippen molar-refractivity contribution in [1.29, 1.82) is 0 Å². The molecule has 19 heavy (non-hydrogen) atoms. The maximum absolute atomic E-state index is 11.9. The van der Waals surface area contributed by atoms with E-state index in [9.17, 15) is 9.90 Å². The number of benzene rings is 1. The summed E-state index contributed by atoms with van der Waals surface area (Å²) in [5, 5.41) is 14.2. The predicted octanol–water partition coefficient (Wildman–Crippen LogP) is 3.34. The molecule has 1 saturated carbocycles. The van der Waals surface area contributed by atoms with Gasteiger partial charge in [-0.25, -0.2) is 5.43 Å². The summed E-state index contributed by atoms with van der Waals surface area (Å²) >= 11 is 5.81. The summed E-state index contributed by atoms with van der Waals surface area (Å²) in [4.78, 5) is 11.9. The minimum atomic E-state index is -0.440. The molecule has 1 aliphatic carbocycles. The zero-order chi connectivity index (χ0) is 13.8. The lowest BCUT2D eigenvalue weighted by molar-refractivity contribution is 0.0951. The van der Waals surface area contributed by atoms with Crippen LogP contribution in [-0.4, -0.2) is 16.7 Å². The fourth-order valence-electron chi connectivity index (χ4n) is 2.21. The Bertz CT molecular complexity index is 514. The van der Waals surface area contributed by atoms with Gasteiger partial charge >= 0.3 is 0 Å². The molecule has 2 N–H and O–H groups in total. The second kappa shape index (κ2) is 6.06. The first-order valence-corrected chi connectivity index (χ1v) is 6.81. The van der Waals surface area contributed by atoms with Gasteiger partial charge in [0, 0.05) is 10.7 Å². The molecule has 1 amide bonds. The first kappa shape index (κ1) is 13.9. The van der Waals surface area contributed by atoms with Crippen LogP contribution in [0, 0.1) is 5.92 Å². The van der Waals surface area contributed by atoms with Crippen LogP contribution in [0.2, 0.25) is 5.02 Å². The van der Waals surface area contributed by atoms with E-state index < -0.39 is 5.91 Å². The van der Waals surface area contributed by atoms with Gasteiger partial charge in [0.1, 0.15) is 5.75 Å². The lowest BCUT2D eigenvalue weighted by Gasteiger charge is -2.19. The number of amides is 1. The average Bonchev–Trinajstić information content (AvgIpc) is 2.40. The molecule has 102 valence electrons. The van der Waals surface area contributed by atoms with Crippen molar-refractivity contribution in [2.75, 3.05) is 0 Å². The molecule has 1 aliphatic rings. The molecule has 4 nitrogen and oxygen atoms in total. The predicted molar refractivity (Wildman–Crippen MR) is 75.7 cm³/mol. The van der Waals surface area contributed by atoms with Crippen LogP contribution in [0.5, 0.6) is 5.75 Å². The Balaban J connectivity index is 2.08. The number of hydrazone groups is 1. The molecule has 0 heterocycles. The third kappa shape index (κ3) is 3.47. The van der Waals surface area contributed by atoms with E-state index in [4.69, 9.17) is 11.6 Å². The van der Waals surface area contributed by atoms with Gasteiger partial charge in [0.05, 0.1) is 5.56 Å². The van der Waals surface area contributed by atoms with Gasteiger partial charge in [0.25, 0.3) is 5.91 Å².